The largest absolute Gasteiger partial charge is 0.497 e. The van der Waals surface area contributed by atoms with Crippen LogP contribution in [-0.4, -0.2) is 35.4 Å². The number of hydrogen-bond acceptors (Lipinski definition) is 5. The summed E-state index contributed by atoms with van der Waals surface area (Å²) in [6.07, 6.45) is 1.79. The summed E-state index contributed by atoms with van der Waals surface area (Å²) in [4.78, 5) is 16.8. The highest BCUT2D eigenvalue weighted by atomic mass is 35.5. The highest BCUT2D eigenvalue weighted by molar-refractivity contribution is 7.99. The maximum Gasteiger partial charge on any atom is 0.234 e. The fourth-order valence-corrected chi connectivity index (χ4v) is 3.50. The molecule has 1 heterocycles. The first-order valence-corrected chi connectivity index (χ1v) is 9.80. The Morgan fingerprint density at radius 2 is 1.79 bits per heavy atom. The number of amides is 1. The molecule has 146 valence electrons. The molecule has 28 heavy (non-hydrogen) atoms. The van der Waals surface area contributed by atoms with Crippen molar-refractivity contribution in [3.05, 3.63) is 53.7 Å². The summed E-state index contributed by atoms with van der Waals surface area (Å²) in [6.45, 7) is 0. The van der Waals surface area contributed by atoms with E-state index in [1.165, 1.54) is 11.8 Å². The number of rotatable bonds is 7. The van der Waals surface area contributed by atoms with E-state index in [2.05, 4.69) is 10.3 Å². The summed E-state index contributed by atoms with van der Waals surface area (Å²) in [5.41, 5.74) is 2.58. The Morgan fingerprint density at radius 3 is 2.39 bits per heavy atom. The lowest BCUT2D eigenvalue weighted by atomic mass is 10.2. The fraction of sp³-hybridized carbons (Fsp3) is 0.200. The molecule has 8 heteroatoms. The third-order valence-corrected chi connectivity index (χ3v) is 5.35. The standard InChI is InChI=1S/C20H20ClN3O3S/c1-24-18(13-4-6-14(21)7-5-13)11-22-20(24)28-12-19(25)23-15-8-16(26-2)10-17(9-15)27-3/h4-11H,12H2,1-3H3,(H,23,25). The number of nitrogens with one attached hydrogen (secondary N) is 1. The zero-order valence-corrected chi connectivity index (χ0v) is 17.3. The summed E-state index contributed by atoms with van der Waals surface area (Å²) < 4.78 is 12.4. The number of nitrogens with zero attached hydrogens (tertiary/aromatic N) is 2. The third kappa shape index (κ3) is 4.79. The minimum absolute atomic E-state index is 0.142. The van der Waals surface area contributed by atoms with Crippen LogP contribution in [0, 0.1) is 0 Å². The van der Waals surface area contributed by atoms with E-state index in [-0.39, 0.29) is 11.7 Å². The van der Waals surface area contributed by atoms with Gasteiger partial charge in [0.15, 0.2) is 5.16 Å². The van der Waals surface area contributed by atoms with Crippen LogP contribution in [0.2, 0.25) is 5.02 Å². The number of anilines is 1. The van der Waals surface area contributed by atoms with Crippen molar-refractivity contribution < 1.29 is 14.3 Å². The van der Waals surface area contributed by atoms with E-state index in [4.69, 9.17) is 21.1 Å². The molecule has 3 aromatic rings. The molecule has 0 saturated carbocycles. The lowest BCUT2D eigenvalue weighted by Gasteiger charge is -2.10. The maximum atomic E-state index is 12.3. The third-order valence-electron chi connectivity index (χ3n) is 4.05. The van der Waals surface area contributed by atoms with Crippen LogP contribution in [0.25, 0.3) is 11.3 Å². The second-order valence-corrected chi connectivity index (χ2v) is 7.31. The molecule has 0 unspecified atom stereocenters. The van der Waals surface area contributed by atoms with Gasteiger partial charge in [0.05, 0.1) is 31.9 Å². The summed E-state index contributed by atoms with van der Waals surface area (Å²) in [5.74, 6) is 1.30. The van der Waals surface area contributed by atoms with E-state index < -0.39 is 0 Å². The molecule has 0 aliphatic carbocycles. The average Bonchev–Trinajstić information content (AvgIpc) is 3.07. The molecule has 1 amide bonds. The van der Waals surface area contributed by atoms with Gasteiger partial charge in [0.2, 0.25) is 5.91 Å². The molecule has 2 aromatic carbocycles. The van der Waals surface area contributed by atoms with Crippen LogP contribution >= 0.6 is 23.4 Å². The molecule has 1 N–H and O–H groups in total. The molecule has 0 aliphatic rings. The Hall–Kier alpha value is -2.64. The minimum atomic E-state index is -0.142. The molecular weight excluding hydrogens is 398 g/mol. The van der Waals surface area contributed by atoms with Crippen molar-refractivity contribution in [3.63, 3.8) is 0 Å². The van der Waals surface area contributed by atoms with Crippen molar-refractivity contribution in [2.75, 3.05) is 25.3 Å². The second kappa shape index (κ2) is 9.03. The molecule has 3 rings (SSSR count). The number of ether oxygens (including phenoxy) is 2. The lowest BCUT2D eigenvalue weighted by molar-refractivity contribution is -0.113. The number of aromatic nitrogens is 2. The normalized spacial score (nSPS) is 10.6. The SMILES string of the molecule is COc1cc(NC(=O)CSc2ncc(-c3ccc(Cl)cc3)n2C)cc(OC)c1. The van der Waals surface area contributed by atoms with Crippen molar-refractivity contribution in [1.29, 1.82) is 0 Å². The van der Waals surface area contributed by atoms with Crippen LogP contribution in [-0.2, 0) is 11.8 Å². The van der Waals surface area contributed by atoms with Crippen LogP contribution in [0.5, 0.6) is 11.5 Å². The van der Waals surface area contributed by atoms with Gasteiger partial charge in [-0.2, -0.15) is 0 Å². The second-order valence-electron chi connectivity index (χ2n) is 5.93. The molecule has 1 aromatic heterocycles. The summed E-state index contributed by atoms with van der Waals surface area (Å²) in [7, 11) is 5.05. The van der Waals surface area contributed by atoms with Gasteiger partial charge in [-0.1, -0.05) is 35.5 Å². The van der Waals surface area contributed by atoms with Gasteiger partial charge in [-0.3, -0.25) is 4.79 Å². The molecule has 0 fully saturated rings. The number of thioether (sulfide) groups is 1. The van der Waals surface area contributed by atoms with Crippen LogP contribution in [0.4, 0.5) is 5.69 Å². The highest BCUT2D eigenvalue weighted by Gasteiger charge is 2.12. The molecule has 0 saturated heterocycles. The van der Waals surface area contributed by atoms with E-state index in [0.717, 1.165) is 16.4 Å². The first kappa shape index (κ1) is 20.1. The first-order chi connectivity index (χ1) is 13.5. The molecular formula is C20H20ClN3O3S. The molecule has 6 nitrogen and oxygen atoms in total. The Kier molecular flexibility index (Phi) is 6.49. The number of methoxy groups -OCH3 is 2. The summed E-state index contributed by atoms with van der Waals surface area (Å²) >= 11 is 7.31. The molecule has 0 radical (unpaired) electrons. The zero-order chi connectivity index (χ0) is 20.1. The number of benzene rings is 2. The van der Waals surface area contributed by atoms with Crippen molar-refractivity contribution >= 4 is 35.0 Å². The van der Waals surface area contributed by atoms with Gasteiger partial charge < -0.3 is 19.4 Å². The lowest BCUT2D eigenvalue weighted by Crippen LogP contribution is -2.14. The predicted molar refractivity (Wildman–Crippen MR) is 113 cm³/mol. The van der Waals surface area contributed by atoms with Crippen LogP contribution in [0.15, 0.2) is 53.8 Å². The summed E-state index contributed by atoms with van der Waals surface area (Å²) in [6, 6.07) is 12.8. The highest BCUT2D eigenvalue weighted by Crippen LogP contribution is 2.28. The predicted octanol–water partition coefficient (Wildman–Crippen LogP) is 4.49. The smallest absolute Gasteiger partial charge is 0.234 e. The van der Waals surface area contributed by atoms with Gasteiger partial charge in [0.1, 0.15) is 11.5 Å². The fourth-order valence-electron chi connectivity index (χ4n) is 2.62. The molecule has 0 spiro atoms. The van der Waals surface area contributed by atoms with Gasteiger partial charge in [0, 0.05) is 36.0 Å². The number of halogens is 1. The Balaban J connectivity index is 1.64. The van der Waals surface area contributed by atoms with Crippen molar-refractivity contribution in [2.24, 2.45) is 7.05 Å². The van der Waals surface area contributed by atoms with Crippen LogP contribution in [0.3, 0.4) is 0 Å². The Bertz CT molecular complexity index is 951. The zero-order valence-electron chi connectivity index (χ0n) is 15.7. The van der Waals surface area contributed by atoms with Crippen molar-refractivity contribution in [3.8, 4) is 22.8 Å². The monoisotopic (exact) mass is 417 g/mol. The van der Waals surface area contributed by atoms with Gasteiger partial charge in [-0.05, 0) is 17.7 Å². The van der Waals surface area contributed by atoms with Gasteiger partial charge in [-0.25, -0.2) is 4.98 Å². The van der Waals surface area contributed by atoms with Crippen molar-refractivity contribution in [2.45, 2.75) is 5.16 Å². The van der Waals surface area contributed by atoms with Crippen LogP contribution in [0.1, 0.15) is 0 Å². The number of carbonyl (C=O) groups excluding carboxylic acids is 1. The maximum absolute atomic E-state index is 12.3. The first-order valence-electron chi connectivity index (χ1n) is 8.43. The quantitative estimate of drug-likeness (QED) is 0.574. The molecule has 0 aliphatic heterocycles. The van der Waals surface area contributed by atoms with Gasteiger partial charge in [0.25, 0.3) is 0 Å². The van der Waals surface area contributed by atoms with E-state index in [1.807, 2.05) is 35.9 Å². The Labute approximate surface area is 172 Å². The number of carbonyl (C=O) groups is 1. The number of hydrogen-bond donors (Lipinski definition) is 1. The topological polar surface area (TPSA) is 65.4 Å². The number of imidazole rings is 1. The van der Waals surface area contributed by atoms with Crippen LogP contribution < -0.4 is 14.8 Å². The average molecular weight is 418 g/mol. The van der Waals surface area contributed by atoms with Gasteiger partial charge >= 0.3 is 0 Å². The minimum Gasteiger partial charge on any atom is -0.497 e. The van der Waals surface area contributed by atoms with E-state index in [9.17, 15) is 4.79 Å². The van der Waals surface area contributed by atoms with Crippen molar-refractivity contribution in [1.82, 2.24) is 9.55 Å². The van der Waals surface area contributed by atoms with E-state index in [0.29, 0.717) is 22.2 Å². The molecule has 0 bridgehead atoms. The Morgan fingerprint density at radius 1 is 1.14 bits per heavy atom. The summed E-state index contributed by atoms with van der Waals surface area (Å²) in [5, 5.41) is 4.29. The van der Waals surface area contributed by atoms with Gasteiger partial charge in [-0.15, -0.1) is 0 Å². The van der Waals surface area contributed by atoms with E-state index in [1.54, 1.807) is 38.6 Å². The molecule has 0 atom stereocenters. The van der Waals surface area contributed by atoms with E-state index >= 15 is 0 Å².